The summed E-state index contributed by atoms with van der Waals surface area (Å²) in [6, 6.07) is 7.41. The standard InChI is InChI=1S/C17H21BrN2O3S2/c1-12-9-14(10-13(2)17(12)21)11-19-5-7-20(8-6-19)25(22,23)16-4-3-15(18)24-16/h3-4,9-10,21H,5-8,11H2,1-2H3. The Morgan fingerprint density at radius 2 is 1.72 bits per heavy atom. The van der Waals surface area contributed by atoms with E-state index in [0.717, 1.165) is 27.0 Å². The summed E-state index contributed by atoms with van der Waals surface area (Å²) in [6.07, 6.45) is 0. The Hall–Kier alpha value is -0.930. The minimum absolute atomic E-state index is 0.349. The van der Waals surface area contributed by atoms with Gasteiger partial charge in [0, 0.05) is 32.7 Å². The van der Waals surface area contributed by atoms with Gasteiger partial charge in [0.15, 0.2) is 0 Å². The smallest absolute Gasteiger partial charge is 0.252 e. The topological polar surface area (TPSA) is 60.9 Å². The van der Waals surface area contributed by atoms with E-state index in [1.165, 1.54) is 11.3 Å². The van der Waals surface area contributed by atoms with E-state index in [2.05, 4.69) is 20.8 Å². The van der Waals surface area contributed by atoms with Crippen molar-refractivity contribution >= 4 is 37.3 Å². The second kappa shape index (κ2) is 7.36. The van der Waals surface area contributed by atoms with Gasteiger partial charge in [-0.2, -0.15) is 4.31 Å². The number of aryl methyl sites for hydroxylation is 2. The van der Waals surface area contributed by atoms with E-state index >= 15 is 0 Å². The molecule has 1 aliphatic heterocycles. The van der Waals surface area contributed by atoms with Crippen molar-refractivity contribution in [1.29, 1.82) is 0 Å². The van der Waals surface area contributed by atoms with Gasteiger partial charge in [0.2, 0.25) is 0 Å². The van der Waals surface area contributed by atoms with Crippen molar-refractivity contribution in [2.24, 2.45) is 0 Å². The number of phenolic OH excluding ortho intramolecular Hbond substituents is 1. The van der Waals surface area contributed by atoms with Crippen LogP contribution in [0.15, 0.2) is 32.3 Å². The molecular weight excluding hydrogens is 424 g/mol. The van der Waals surface area contributed by atoms with Crippen LogP contribution < -0.4 is 0 Å². The summed E-state index contributed by atoms with van der Waals surface area (Å²) in [5, 5.41) is 9.88. The summed E-state index contributed by atoms with van der Waals surface area (Å²) in [5.74, 6) is 0.349. The zero-order valence-electron chi connectivity index (χ0n) is 14.2. The van der Waals surface area contributed by atoms with Gasteiger partial charge in [-0.15, -0.1) is 11.3 Å². The molecule has 1 saturated heterocycles. The largest absolute Gasteiger partial charge is 0.507 e. The molecule has 1 aliphatic rings. The van der Waals surface area contributed by atoms with Crippen molar-refractivity contribution in [3.05, 3.63) is 44.7 Å². The third kappa shape index (κ3) is 4.09. The van der Waals surface area contributed by atoms with Crippen LogP contribution in [-0.4, -0.2) is 48.9 Å². The van der Waals surface area contributed by atoms with Gasteiger partial charge in [-0.1, -0.05) is 12.1 Å². The Labute approximate surface area is 161 Å². The second-order valence-corrected chi connectivity index (χ2v) is 10.9. The van der Waals surface area contributed by atoms with E-state index in [4.69, 9.17) is 0 Å². The van der Waals surface area contributed by atoms with Crippen LogP contribution in [-0.2, 0) is 16.6 Å². The van der Waals surface area contributed by atoms with E-state index in [9.17, 15) is 13.5 Å². The third-order valence-electron chi connectivity index (χ3n) is 4.43. The molecule has 2 heterocycles. The molecule has 0 atom stereocenters. The van der Waals surface area contributed by atoms with Crippen LogP contribution in [0.4, 0.5) is 0 Å². The number of rotatable bonds is 4. The number of hydrogen-bond donors (Lipinski definition) is 1. The summed E-state index contributed by atoms with van der Waals surface area (Å²) in [6.45, 7) is 6.95. The van der Waals surface area contributed by atoms with Crippen molar-refractivity contribution in [1.82, 2.24) is 9.21 Å². The van der Waals surface area contributed by atoms with E-state index in [0.29, 0.717) is 36.1 Å². The minimum atomic E-state index is -3.39. The average molecular weight is 445 g/mol. The van der Waals surface area contributed by atoms with Crippen molar-refractivity contribution in [2.75, 3.05) is 26.2 Å². The fourth-order valence-corrected chi connectivity index (χ4v) is 6.67. The SMILES string of the molecule is Cc1cc(CN2CCN(S(=O)(=O)c3ccc(Br)s3)CC2)cc(C)c1O. The molecular formula is C17H21BrN2O3S2. The van der Waals surface area contributed by atoms with Crippen molar-refractivity contribution in [3.63, 3.8) is 0 Å². The highest BCUT2D eigenvalue weighted by Crippen LogP contribution is 2.29. The number of hydrogen-bond acceptors (Lipinski definition) is 5. The molecule has 1 N–H and O–H groups in total. The van der Waals surface area contributed by atoms with Crippen LogP contribution in [0.2, 0.25) is 0 Å². The minimum Gasteiger partial charge on any atom is -0.507 e. The molecule has 5 nitrogen and oxygen atoms in total. The molecule has 2 aromatic rings. The number of aromatic hydroxyl groups is 1. The summed E-state index contributed by atoms with van der Waals surface area (Å²) >= 11 is 4.57. The average Bonchev–Trinajstić information content (AvgIpc) is 3.00. The molecule has 3 rings (SSSR count). The highest BCUT2D eigenvalue weighted by Gasteiger charge is 2.29. The van der Waals surface area contributed by atoms with Crippen LogP contribution in [0.3, 0.4) is 0 Å². The molecule has 1 aromatic heterocycles. The number of phenols is 1. The lowest BCUT2D eigenvalue weighted by Crippen LogP contribution is -2.48. The Kier molecular flexibility index (Phi) is 5.55. The Bertz CT molecular complexity index is 849. The molecule has 0 radical (unpaired) electrons. The quantitative estimate of drug-likeness (QED) is 0.785. The van der Waals surface area contributed by atoms with Crippen LogP contribution in [0, 0.1) is 13.8 Å². The number of thiophene rings is 1. The molecule has 0 saturated carbocycles. The maximum atomic E-state index is 12.7. The normalized spacial score (nSPS) is 17.1. The van der Waals surface area contributed by atoms with E-state index in [1.807, 2.05) is 26.0 Å². The number of sulfonamides is 1. The molecule has 25 heavy (non-hydrogen) atoms. The predicted octanol–water partition coefficient (Wildman–Crippen LogP) is 3.34. The molecule has 1 aromatic carbocycles. The Morgan fingerprint density at radius 3 is 2.24 bits per heavy atom. The van der Waals surface area contributed by atoms with Gasteiger partial charge in [-0.05, 0) is 58.6 Å². The summed E-state index contributed by atoms with van der Waals surface area (Å²) in [7, 11) is -3.39. The Morgan fingerprint density at radius 1 is 1.12 bits per heavy atom. The zero-order valence-corrected chi connectivity index (χ0v) is 17.4. The molecule has 1 fully saturated rings. The van der Waals surface area contributed by atoms with Crippen molar-refractivity contribution < 1.29 is 13.5 Å². The molecule has 0 unspecified atom stereocenters. The fraction of sp³-hybridized carbons (Fsp3) is 0.412. The number of piperazine rings is 1. The molecule has 8 heteroatoms. The van der Waals surface area contributed by atoms with Crippen LogP contribution in [0.25, 0.3) is 0 Å². The maximum absolute atomic E-state index is 12.7. The highest BCUT2D eigenvalue weighted by molar-refractivity contribution is 9.11. The lowest BCUT2D eigenvalue weighted by Gasteiger charge is -2.33. The number of benzene rings is 1. The van der Waals surface area contributed by atoms with Gasteiger partial charge in [-0.3, -0.25) is 4.90 Å². The summed E-state index contributed by atoms with van der Waals surface area (Å²) in [4.78, 5) is 2.25. The van der Waals surface area contributed by atoms with E-state index in [1.54, 1.807) is 16.4 Å². The summed E-state index contributed by atoms with van der Waals surface area (Å²) in [5.41, 5.74) is 2.89. The monoisotopic (exact) mass is 444 g/mol. The lowest BCUT2D eigenvalue weighted by atomic mass is 10.1. The van der Waals surface area contributed by atoms with E-state index in [-0.39, 0.29) is 0 Å². The first-order valence-electron chi connectivity index (χ1n) is 8.04. The molecule has 0 aliphatic carbocycles. The van der Waals surface area contributed by atoms with Crippen molar-refractivity contribution in [2.45, 2.75) is 24.6 Å². The van der Waals surface area contributed by atoms with Crippen LogP contribution in [0.1, 0.15) is 16.7 Å². The molecule has 0 bridgehead atoms. The first-order valence-corrected chi connectivity index (χ1v) is 11.1. The highest BCUT2D eigenvalue weighted by atomic mass is 79.9. The second-order valence-electron chi connectivity index (χ2n) is 6.32. The van der Waals surface area contributed by atoms with Crippen molar-refractivity contribution in [3.8, 4) is 5.75 Å². The zero-order chi connectivity index (χ0) is 18.2. The van der Waals surface area contributed by atoms with Gasteiger partial charge in [0.05, 0.1) is 3.79 Å². The lowest BCUT2D eigenvalue weighted by molar-refractivity contribution is 0.181. The van der Waals surface area contributed by atoms with Gasteiger partial charge in [-0.25, -0.2) is 8.42 Å². The molecule has 0 spiro atoms. The number of nitrogens with zero attached hydrogens (tertiary/aromatic N) is 2. The predicted molar refractivity (Wildman–Crippen MR) is 104 cm³/mol. The molecule has 136 valence electrons. The first kappa shape index (κ1) is 18.8. The maximum Gasteiger partial charge on any atom is 0.252 e. The third-order valence-corrected chi connectivity index (χ3v) is 8.42. The van der Waals surface area contributed by atoms with Gasteiger partial charge in [0.25, 0.3) is 10.0 Å². The van der Waals surface area contributed by atoms with Gasteiger partial charge >= 0.3 is 0 Å². The van der Waals surface area contributed by atoms with Crippen LogP contribution >= 0.6 is 27.3 Å². The van der Waals surface area contributed by atoms with Gasteiger partial charge in [0.1, 0.15) is 9.96 Å². The first-order chi connectivity index (χ1) is 11.8. The van der Waals surface area contributed by atoms with Gasteiger partial charge < -0.3 is 5.11 Å². The van der Waals surface area contributed by atoms with Crippen LogP contribution in [0.5, 0.6) is 5.75 Å². The van der Waals surface area contributed by atoms with E-state index < -0.39 is 10.0 Å². The number of halogens is 1. The summed E-state index contributed by atoms with van der Waals surface area (Å²) < 4.78 is 28.1. The molecule has 0 amide bonds. The Balaban J connectivity index is 1.64. The fourth-order valence-electron chi connectivity index (χ4n) is 3.09.